The molecule has 4 saturated carbocycles. The Morgan fingerprint density at radius 3 is 2.55 bits per heavy atom. The molecular formula is C25H30O6. The molecule has 8 aliphatic rings. The number of ketones is 1. The summed E-state index contributed by atoms with van der Waals surface area (Å²) in [6, 6.07) is 0. The lowest BCUT2D eigenvalue weighted by Crippen LogP contribution is -2.77. The van der Waals surface area contributed by atoms with Crippen LogP contribution in [-0.2, 0) is 23.9 Å². The van der Waals surface area contributed by atoms with Crippen LogP contribution in [0.2, 0.25) is 0 Å². The Labute approximate surface area is 181 Å². The lowest BCUT2D eigenvalue weighted by molar-refractivity contribution is -0.236. The number of aliphatic hydroxyl groups is 1. The van der Waals surface area contributed by atoms with Gasteiger partial charge >= 0.3 is 11.9 Å². The fourth-order valence-corrected chi connectivity index (χ4v) is 10.7. The van der Waals surface area contributed by atoms with E-state index < -0.39 is 46.3 Å². The molecule has 1 N–H and O–H groups in total. The number of carbonyl (C=O) groups is 3. The SMILES string of the molecule is CC(=O)C1CCC2C1(C)CC1OC13C21C=CC2(CC(O)CCC23C)C2C(=O)OC(=O)C21. The van der Waals surface area contributed by atoms with Crippen LogP contribution in [0, 0.1) is 45.3 Å². The van der Waals surface area contributed by atoms with E-state index in [1.54, 1.807) is 6.92 Å². The molecule has 0 aromatic heterocycles. The van der Waals surface area contributed by atoms with Gasteiger partial charge in [-0.25, -0.2) is 0 Å². The van der Waals surface area contributed by atoms with Gasteiger partial charge in [0.05, 0.1) is 24.0 Å². The third kappa shape index (κ3) is 1.58. The number of esters is 2. The average molecular weight is 427 g/mol. The summed E-state index contributed by atoms with van der Waals surface area (Å²) in [6.45, 7) is 6.14. The lowest BCUT2D eigenvalue weighted by Gasteiger charge is -2.72. The fraction of sp³-hybridized carbons (Fsp3) is 0.800. The second-order valence-electron chi connectivity index (χ2n) is 12.1. The van der Waals surface area contributed by atoms with Crippen molar-refractivity contribution in [1.29, 1.82) is 0 Å². The first-order valence-corrected chi connectivity index (χ1v) is 11.9. The van der Waals surface area contributed by atoms with Crippen LogP contribution in [0.15, 0.2) is 12.2 Å². The van der Waals surface area contributed by atoms with E-state index in [1.807, 2.05) is 0 Å². The van der Waals surface area contributed by atoms with E-state index in [0.29, 0.717) is 12.8 Å². The Balaban J connectivity index is 1.53. The summed E-state index contributed by atoms with van der Waals surface area (Å²) in [7, 11) is 0. The molecular weight excluding hydrogens is 396 g/mol. The van der Waals surface area contributed by atoms with Crippen molar-refractivity contribution in [2.45, 2.75) is 77.1 Å². The number of fused-ring (bicyclic) bond motifs is 1. The van der Waals surface area contributed by atoms with Crippen LogP contribution >= 0.6 is 0 Å². The zero-order chi connectivity index (χ0) is 21.8. The lowest BCUT2D eigenvalue weighted by atomic mass is 9.27. The van der Waals surface area contributed by atoms with Gasteiger partial charge in [-0.1, -0.05) is 26.0 Å². The molecule has 166 valence electrons. The van der Waals surface area contributed by atoms with Gasteiger partial charge in [-0.05, 0) is 56.8 Å². The number of epoxide rings is 1. The molecule has 0 radical (unpaired) electrons. The summed E-state index contributed by atoms with van der Waals surface area (Å²) < 4.78 is 12.1. The standard InChI is InChI=1S/C25H30O6/c1-12(26)14-4-5-15-21(14,2)11-16-25(31-16)22(3)7-6-13(27)10-23(22)8-9-24(15,25)18-17(23)19(28)30-20(18)29/h8-9,13-18,27H,4-7,10-11H2,1-3H3. The Morgan fingerprint density at radius 1 is 1.06 bits per heavy atom. The second-order valence-corrected chi connectivity index (χ2v) is 12.1. The van der Waals surface area contributed by atoms with Crippen molar-refractivity contribution >= 4 is 17.7 Å². The number of hydrogen-bond acceptors (Lipinski definition) is 6. The van der Waals surface area contributed by atoms with Gasteiger partial charge in [-0.15, -0.1) is 0 Å². The number of aliphatic hydroxyl groups excluding tert-OH is 1. The molecule has 0 aromatic carbocycles. The van der Waals surface area contributed by atoms with Crippen LogP contribution in [0.4, 0.5) is 0 Å². The van der Waals surface area contributed by atoms with Crippen molar-refractivity contribution in [1.82, 2.24) is 0 Å². The molecule has 6 heteroatoms. The van der Waals surface area contributed by atoms with E-state index >= 15 is 0 Å². The minimum atomic E-state index is -0.624. The normalized spacial score (nSPS) is 62.3. The maximum atomic E-state index is 13.3. The largest absolute Gasteiger partial charge is 0.393 e. The second kappa shape index (κ2) is 5.01. The predicted molar refractivity (Wildman–Crippen MR) is 107 cm³/mol. The average Bonchev–Trinajstić information content (AvgIpc) is 3.18. The summed E-state index contributed by atoms with van der Waals surface area (Å²) in [5.41, 5.74) is -2.36. The van der Waals surface area contributed by atoms with Crippen molar-refractivity contribution in [3.8, 4) is 0 Å². The molecule has 3 spiro atoms. The van der Waals surface area contributed by atoms with E-state index in [4.69, 9.17) is 9.47 Å². The minimum Gasteiger partial charge on any atom is -0.393 e. The van der Waals surface area contributed by atoms with Gasteiger partial charge in [-0.3, -0.25) is 14.4 Å². The van der Waals surface area contributed by atoms with Crippen LogP contribution in [0.25, 0.3) is 0 Å². The Kier molecular flexibility index (Phi) is 3.07. The first-order chi connectivity index (χ1) is 14.6. The zero-order valence-electron chi connectivity index (χ0n) is 18.3. The number of hydrogen-bond donors (Lipinski definition) is 1. The highest BCUT2D eigenvalue weighted by molar-refractivity contribution is 5.99. The van der Waals surface area contributed by atoms with Crippen LogP contribution in [-0.4, -0.2) is 40.6 Å². The third-order valence-corrected chi connectivity index (χ3v) is 11.6. The molecule has 2 saturated heterocycles. The van der Waals surface area contributed by atoms with Crippen LogP contribution in [0.1, 0.15) is 59.3 Å². The Bertz CT molecular complexity index is 1000. The predicted octanol–water partition coefficient (Wildman–Crippen LogP) is 2.57. The van der Waals surface area contributed by atoms with Gasteiger partial charge in [-0.2, -0.15) is 0 Å². The molecule has 6 nitrogen and oxygen atoms in total. The number of Topliss-reactive ketones (excluding diaryl/α,β-unsaturated/α-hetero) is 1. The number of allylic oxidation sites excluding steroid dienone is 1. The van der Waals surface area contributed by atoms with Crippen molar-refractivity contribution in [3.05, 3.63) is 12.2 Å². The molecule has 2 heterocycles. The zero-order valence-corrected chi connectivity index (χ0v) is 18.3. The third-order valence-electron chi connectivity index (χ3n) is 11.6. The highest BCUT2D eigenvalue weighted by Crippen LogP contribution is 2.88. The Morgan fingerprint density at radius 2 is 1.81 bits per heavy atom. The maximum Gasteiger partial charge on any atom is 0.318 e. The van der Waals surface area contributed by atoms with Crippen molar-refractivity contribution in [2.24, 2.45) is 45.3 Å². The highest BCUT2D eigenvalue weighted by atomic mass is 16.6. The molecule has 2 aliphatic heterocycles. The molecule has 11 unspecified atom stereocenters. The summed E-state index contributed by atoms with van der Waals surface area (Å²) in [5, 5.41) is 10.7. The fourth-order valence-electron chi connectivity index (χ4n) is 10.7. The molecule has 0 amide bonds. The van der Waals surface area contributed by atoms with Gasteiger partial charge in [0.15, 0.2) is 0 Å². The topological polar surface area (TPSA) is 93.2 Å². The first kappa shape index (κ1) is 19.0. The molecule has 6 aliphatic carbocycles. The molecule has 2 bridgehead atoms. The maximum absolute atomic E-state index is 13.3. The monoisotopic (exact) mass is 426 g/mol. The van der Waals surface area contributed by atoms with Crippen molar-refractivity contribution in [2.75, 3.05) is 0 Å². The molecule has 8 rings (SSSR count). The highest BCUT2D eigenvalue weighted by Gasteiger charge is 2.94. The van der Waals surface area contributed by atoms with Gasteiger partial charge < -0.3 is 14.6 Å². The van der Waals surface area contributed by atoms with E-state index in [0.717, 1.165) is 25.7 Å². The summed E-state index contributed by atoms with van der Waals surface area (Å²) in [6.07, 6.45) is 8.29. The first-order valence-electron chi connectivity index (χ1n) is 11.9. The Hall–Kier alpha value is -1.53. The van der Waals surface area contributed by atoms with Gasteiger partial charge in [0.1, 0.15) is 11.4 Å². The van der Waals surface area contributed by atoms with Crippen LogP contribution in [0.3, 0.4) is 0 Å². The summed E-state index contributed by atoms with van der Waals surface area (Å²) in [5.74, 6) is -1.74. The van der Waals surface area contributed by atoms with E-state index in [1.165, 1.54) is 0 Å². The minimum absolute atomic E-state index is 0.0253. The van der Waals surface area contributed by atoms with Crippen LogP contribution in [0.5, 0.6) is 0 Å². The molecule has 6 fully saturated rings. The summed E-state index contributed by atoms with van der Waals surface area (Å²) >= 11 is 0. The number of cyclic esters (lactones) is 2. The van der Waals surface area contributed by atoms with Crippen molar-refractivity contribution in [3.63, 3.8) is 0 Å². The summed E-state index contributed by atoms with van der Waals surface area (Å²) in [4.78, 5) is 39.1. The molecule has 11 atom stereocenters. The van der Waals surface area contributed by atoms with E-state index in [-0.39, 0.29) is 34.6 Å². The smallest absolute Gasteiger partial charge is 0.318 e. The number of carbonyl (C=O) groups excluding carboxylic acids is 3. The van der Waals surface area contributed by atoms with Gasteiger partial charge in [0, 0.05) is 22.2 Å². The number of ether oxygens (including phenoxy) is 2. The van der Waals surface area contributed by atoms with E-state index in [9.17, 15) is 19.5 Å². The molecule has 31 heavy (non-hydrogen) atoms. The van der Waals surface area contributed by atoms with Crippen molar-refractivity contribution < 1.29 is 29.0 Å². The van der Waals surface area contributed by atoms with Gasteiger partial charge in [0.2, 0.25) is 0 Å². The van der Waals surface area contributed by atoms with E-state index in [2.05, 4.69) is 26.0 Å². The number of rotatable bonds is 1. The van der Waals surface area contributed by atoms with Gasteiger partial charge in [0.25, 0.3) is 0 Å². The quantitative estimate of drug-likeness (QED) is 0.300. The molecule has 0 aromatic rings. The van der Waals surface area contributed by atoms with Crippen LogP contribution < -0.4 is 0 Å².